The topological polar surface area (TPSA) is 38.0 Å². The zero-order chi connectivity index (χ0) is 12.2. The third kappa shape index (κ3) is 2.60. The lowest BCUT2D eigenvalue weighted by molar-refractivity contribution is 0.155. The number of hydrogen-bond acceptors (Lipinski definition) is 2. The molecule has 16 heavy (non-hydrogen) atoms. The van der Waals surface area contributed by atoms with Gasteiger partial charge in [0.1, 0.15) is 0 Å². The Balaban J connectivity index is 2.60. The molecule has 0 radical (unpaired) electrons. The average molecular weight is 226 g/mol. The Kier molecular flexibility index (Phi) is 4.81. The molecule has 3 N–H and O–H groups in total. The summed E-state index contributed by atoms with van der Waals surface area (Å²) in [5, 5.41) is 3.81. The summed E-state index contributed by atoms with van der Waals surface area (Å²) in [6, 6.07) is 0. The molecule has 0 heterocycles. The molecule has 0 saturated heterocycles. The van der Waals surface area contributed by atoms with E-state index in [2.05, 4.69) is 33.0 Å². The molecule has 0 bridgehead atoms. The standard InChI is InChI=1S/C14H30N2/c1-5-12(6-2)10-16-14(11-15)9-7-8-13(14,3)4/h12,16H,5-11,15H2,1-4H3. The maximum atomic E-state index is 6.05. The summed E-state index contributed by atoms with van der Waals surface area (Å²) >= 11 is 0. The van der Waals surface area contributed by atoms with Gasteiger partial charge in [-0.2, -0.15) is 0 Å². The van der Waals surface area contributed by atoms with Crippen LogP contribution in [0.2, 0.25) is 0 Å². The summed E-state index contributed by atoms with van der Waals surface area (Å²) in [6.07, 6.45) is 6.41. The molecule has 1 unspecified atom stereocenters. The van der Waals surface area contributed by atoms with Crippen LogP contribution < -0.4 is 11.1 Å². The van der Waals surface area contributed by atoms with Gasteiger partial charge in [0.05, 0.1) is 0 Å². The molecule has 0 amide bonds. The molecule has 0 aromatic heterocycles. The van der Waals surface area contributed by atoms with Gasteiger partial charge >= 0.3 is 0 Å². The van der Waals surface area contributed by atoms with Crippen molar-refractivity contribution in [3.05, 3.63) is 0 Å². The van der Waals surface area contributed by atoms with Gasteiger partial charge in [-0.1, -0.05) is 47.0 Å². The van der Waals surface area contributed by atoms with Crippen LogP contribution in [0.5, 0.6) is 0 Å². The van der Waals surface area contributed by atoms with Gasteiger partial charge in [-0.15, -0.1) is 0 Å². The van der Waals surface area contributed by atoms with Crippen LogP contribution in [0.15, 0.2) is 0 Å². The van der Waals surface area contributed by atoms with Crippen LogP contribution in [0.25, 0.3) is 0 Å². The summed E-state index contributed by atoms with van der Waals surface area (Å²) in [5.74, 6) is 0.805. The molecule has 1 rings (SSSR count). The number of nitrogens with one attached hydrogen (secondary N) is 1. The largest absolute Gasteiger partial charge is 0.329 e. The van der Waals surface area contributed by atoms with E-state index >= 15 is 0 Å². The van der Waals surface area contributed by atoms with Crippen LogP contribution in [0.1, 0.15) is 59.8 Å². The van der Waals surface area contributed by atoms with E-state index in [1.54, 1.807) is 0 Å². The Morgan fingerprint density at radius 2 is 1.81 bits per heavy atom. The highest BCUT2D eigenvalue weighted by molar-refractivity contribution is 5.05. The van der Waals surface area contributed by atoms with Crippen LogP contribution >= 0.6 is 0 Å². The molecule has 0 aromatic carbocycles. The number of rotatable bonds is 6. The highest BCUT2D eigenvalue weighted by atomic mass is 15.0. The molecule has 2 nitrogen and oxygen atoms in total. The Labute approximate surface area is 101 Å². The van der Waals surface area contributed by atoms with Gasteiger partial charge in [0.25, 0.3) is 0 Å². The van der Waals surface area contributed by atoms with E-state index < -0.39 is 0 Å². The lowest BCUT2D eigenvalue weighted by Crippen LogP contribution is -2.58. The van der Waals surface area contributed by atoms with E-state index in [9.17, 15) is 0 Å². The quantitative estimate of drug-likeness (QED) is 0.731. The Morgan fingerprint density at radius 3 is 2.19 bits per heavy atom. The maximum Gasteiger partial charge on any atom is 0.0355 e. The van der Waals surface area contributed by atoms with Crippen LogP contribution in [-0.4, -0.2) is 18.6 Å². The zero-order valence-corrected chi connectivity index (χ0v) is 11.6. The fourth-order valence-electron chi connectivity index (χ4n) is 3.11. The minimum Gasteiger partial charge on any atom is -0.329 e. The summed E-state index contributed by atoms with van der Waals surface area (Å²) in [6.45, 7) is 11.2. The van der Waals surface area contributed by atoms with Gasteiger partial charge in [0.15, 0.2) is 0 Å². The predicted molar refractivity (Wildman–Crippen MR) is 71.5 cm³/mol. The molecule has 1 aliphatic rings. The van der Waals surface area contributed by atoms with E-state index in [1.165, 1.54) is 32.1 Å². The maximum absolute atomic E-state index is 6.05. The average Bonchev–Trinajstić information content (AvgIpc) is 2.56. The monoisotopic (exact) mass is 226 g/mol. The van der Waals surface area contributed by atoms with Crippen molar-refractivity contribution in [2.45, 2.75) is 65.3 Å². The normalized spacial score (nSPS) is 28.9. The summed E-state index contributed by atoms with van der Waals surface area (Å²) in [5.41, 5.74) is 6.60. The van der Waals surface area contributed by atoms with Crippen molar-refractivity contribution in [3.63, 3.8) is 0 Å². The first-order valence-electron chi connectivity index (χ1n) is 6.96. The summed E-state index contributed by atoms with van der Waals surface area (Å²) in [7, 11) is 0. The molecule has 1 atom stereocenters. The van der Waals surface area contributed by atoms with Gasteiger partial charge in [0.2, 0.25) is 0 Å². The molecule has 2 heteroatoms. The lowest BCUT2D eigenvalue weighted by Gasteiger charge is -2.42. The first kappa shape index (κ1) is 14.0. The van der Waals surface area contributed by atoms with E-state index in [4.69, 9.17) is 5.73 Å². The van der Waals surface area contributed by atoms with Crippen molar-refractivity contribution < 1.29 is 0 Å². The first-order valence-corrected chi connectivity index (χ1v) is 6.96. The highest BCUT2D eigenvalue weighted by Gasteiger charge is 2.47. The van der Waals surface area contributed by atoms with Crippen LogP contribution in [-0.2, 0) is 0 Å². The van der Waals surface area contributed by atoms with E-state index in [0.29, 0.717) is 5.41 Å². The molecule has 1 fully saturated rings. The fraction of sp³-hybridized carbons (Fsp3) is 1.00. The molecule has 0 spiro atoms. The minimum absolute atomic E-state index is 0.190. The first-order chi connectivity index (χ1) is 7.51. The molecule has 96 valence electrons. The highest BCUT2D eigenvalue weighted by Crippen LogP contribution is 2.45. The summed E-state index contributed by atoms with van der Waals surface area (Å²) < 4.78 is 0. The third-order valence-electron chi connectivity index (χ3n) is 4.93. The lowest BCUT2D eigenvalue weighted by atomic mass is 9.74. The molecule has 0 aromatic rings. The predicted octanol–water partition coefficient (Wildman–Crippen LogP) is 2.92. The van der Waals surface area contributed by atoms with Gasteiger partial charge in [-0.3, -0.25) is 0 Å². The minimum atomic E-state index is 0.190. The zero-order valence-electron chi connectivity index (χ0n) is 11.6. The van der Waals surface area contributed by atoms with Crippen molar-refractivity contribution in [1.29, 1.82) is 0 Å². The Hall–Kier alpha value is -0.0800. The van der Waals surface area contributed by atoms with E-state index in [-0.39, 0.29) is 5.54 Å². The van der Waals surface area contributed by atoms with E-state index in [0.717, 1.165) is 19.0 Å². The molecule has 1 aliphatic carbocycles. The second kappa shape index (κ2) is 5.50. The number of nitrogens with two attached hydrogens (primary N) is 1. The summed E-state index contributed by atoms with van der Waals surface area (Å²) in [4.78, 5) is 0. The van der Waals surface area contributed by atoms with Crippen LogP contribution in [0.3, 0.4) is 0 Å². The van der Waals surface area contributed by atoms with E-state index in [1.807, 2.05) is 0 Å². The second-order valence-corrected chi connectivity index (χ2v) is 6.09. The number of hydrogen-bond donors (Lipinski definition) is 2. The van der Waals surface area contributed by atoms with Gasteiger partial charge in [0, 0.05) is 12.1 Å². The van der Waals surface area contributed by atoms with Crippen molar-refractivity contribution >= 4 is 0 Å². The molecular weight excluding hydrogens is 196 g/mol. The third-order valence-corrected chi connectivity index (χ3v) is 4.93. The second-order valence-electron chi connectivity index (χ2n) is 6.09. The Bertz CT molecular complexity index is 209. The van der Waals surface area contributed by atoms with Crippen LogP contribution in [0, 0.1) is 11.3 Å². The van der Waals surface area contributed by atoms with Crippen molar-refractivity contribution in [1.82, 2.24) is 5.32 Å². The molecular formula is C14H30N2. The van der Waals surface area contributed by atoms with Crippen molar-refractivity contribution in [2.75, 3.05) is 13.1 Å². The smallest absolute Gasteiger partial charge is 0.0355 e. The van der Waals surface area contributed by atoms with Crippen molar-refractivity contribution in [2.24, 2.45) is 17.1 Å². The molecule has 0 aliphatic heterocycles. The van der Waals surface area contributed by atoms with Crippen molar-refractivity contribution in [3.8, 4) is 0 Å². The van der Waals surface area contributed by atoms with Crippen LogP contribution in [0.4, 0.5) is 0 Å². The van der Waals surface area contributed by atoms with Gasteiger partial charge in [-0.05, 0) is 30.7 Å². The van der Waals surface area contributed by atoms with Gasteiger partial charge < -0.3 is 11.1 Å². The molecule has 1 saturated carbocycles. The SMILES string of the molecule is CCC(CC)CNC1(CN)CCCC1(C)C. The van der Waals surface area contributed by atoms with Gasteiger partial charge in [-0.25, -0.2) is 0 Å². The fourth-order valence-corrected chi connectivity index (χ4v) is 3.11. The Morgan fingerprint density at radius 1 is 1.19 bits per heavy atom.